The van der Waals surface area contributed by atoms with Gasteiger partial charge in [0.25, 0.3) is 0 Å². The molecule has 9 heavy (non-hydrogen) atoms. The summed E-state index contributed by atoms with van der Waals surface area (Å²) < 4.78 is 0. The quantitative estimate of drug-likeness (QED) is 0.535. The minimum atomic E-state index is -0.183. The van der Waals surface area contributed by atoms with Gasteiger partial charge in [-0.05, 0) is 18.8 Å². The van der Waals surface area contributed by atoms with Crippen LogP contribution in [-0.2, 0) is 0 Å². The molecule has 0 unspecified atom stereocenters. The second-order valence-electron chi connectivity index (χ2n) is 2.64. The molecule has 0 aliphatic heterocycles. The van der Waals surface area contributed by atoms with Crippen LogP contribution in [0.15, 0.2) is 12.2 Å². The Morgan fingerprint density at radius 3 is 2.67 bits per heavy atom. The molecule has 1 rings (SSSR count). The Hall–Kier alpha value is -0.340. The summed E-state index contributed by atoms with van der Waals surface area (Å²) in [6.45, 7) is 3.84. The maximum Gasteiger partial charge on any atom is 0.0621 e. The molecule has 52 valence electrons. The van der Waals surface area contributed by atoms with Gasteiger partial charge in [0.05, 0.1) is 6.61 Å². The molecule has 0 amide bonds. The van der Waals surface area contributed by atoms with Gasteiger partial charge in [-0.15, -0.1) is 0 Å². The summed E-state index contributed by atoms with van der Waals surface area (Å²) in [5.74, 6) is 0.618. The van der Waals surface area contributed by atoms with E-state index in [0.717, 1.165) is 5.57 Å². The van der Waals surface area contributed by atoms with Crippen molar-refractivity contribution in [3.05, 3.63) is 12.2 Å². The van der Waals surface area contributed by atoms with Gasteiger partial charge in [0.2, 0.25) is 0 Å². The van der Waals surface area contributed by atoms with E-state index in [9.17, 15) is 0 Å². The summed E-state index contributed by atoms with van der Waals surface area (Å²) in [6.07, 6.45) is 2.43. The molecule has 1 fully saturated rings. The molecule has 2 nitrogen and oxygen atoms in total. The molecule has 0 aromatic heterocycles. The highest BCUT2D eigenvalue weighted by Crippen LogP contribution is 2.36. The van der Waals surface area contributed by atoms with Crippen LogP contribution in [0.2, 0.25) is 0 Å². The van der Waals surface area contributed by atoms with Gasteiger partial charge in [0, 0.05) is 6.04 Å². The zero-order valence-electron chi connectivity index (χ0n) is 5.51. The third-order valence-electron chi connectivity index (χ3n) is 1.77. The van der Waals surface area contributed by atoms with Crippen molar-refractivity contribution < 1.29 is 5.11 Å². The van der Waals surface area contributed by atoms with E-state index in [2.05, 4.69) is 6.58 Å². The first-order valence-corrected chi connectivity index (χ1v) is 3.31. The highest BCUT2D eigenvalue weighted by molar-refractivity contribution is 5.14. The first-order valence-electron chi connectivity index (χ1n) is 3.31. The predicted octanol–water partition coefficient (Wildman–Crippen LogP) is 0.272. The maximum atomic E-state index is 8.60. The van der Waals surface area contributed by atoms with Crippen LogP contribution in [0, 0.1) is 5.92 Å². The Balaban J connectivity index is 2.31. The van der Waals surface area contributed by atoms with E-state index in [1.165, 1.54) is 12.8 Å². The Morgan fingerprint density at radius 1 is 1.78 bits per heavy atom. The molecule has 1 aliphatic carbocycles. The largest absolute Gasteiger partial charge is 0.394 e. The molecule has 0 saturated heterocycles. The smallest absolute Gasteiger partial charge is 0.0621 e. The molecular formula is C7H13NO. The summed E-state index contributed by atoms with van der Waals surface area (Å²) in [5.41, 5.74) is 6.53. The average Bonchev–Trinajstić information content (AvgIpc) is 2.66. The van der Waals surface area contributed by atoms with E-state index in [1.54, 1.807) is 0 Å². The fraction of sp³-hybridized carbons (Fsp3) is 0.714. The van der Waals surface area contributed by atoms with Crippen molar-refractivity contribution in [1.29, 1.82) is 0 Å². The van der Waals surface area contributed by atoms with E-state index >= 15 is 0 Å². The lowest BCUT2D eigenvalue weighted by atomic mass is 10.1. The lowest BCUT2D eigenvalue weighted by molar-refractivity contribution is 0.277. The Morgan fingerprint density at radius 2 is 2.33 bits per heavy atom. The van der Waals surface area contributed by atoms with E-state index in [-0.39, 0.29) is 12.6 Å². The molecule has 3 N–H and O–H groups in total. The summed E-state index contributed by atoms with van der Waals surface area (Å²) in [5, 5.41) is 8.60. The van der Waals surface area contributed by atoms with Gasteiger partial charge in [-0.3, -0.25) is 0 Å². The van der Waals surface area contributed by atoms with Crippen LogP contribution in [0.1, 0.15) is 12.8 Å². The molecule has 0 aromatic rings. The summed E-state index contributed by atoms with van der Waals surface area (Å²) in [7, 11) is 0. The summed E-state index contributed by atoms with van der Waals surface area (Å²) in [4.78, 5) is 0. The molecule has 1 saturated carbocycles. The monoisotopic (exact) mass is 127 g/mol. The zero-order valence-corrected chi connectivity index (χ0v) is 5.51. The Bertz CT molecular complexity index is 118. The minimum Gasteiger partial charge on any atom is -0.394 e. The lowest BCUT2D eigenvalue weighted by Crippen LogP contribution is -2.27. The molecule has 1 atom stereocenters. The first-order chi connectivity index (χ1) is 4.25. The molecule has 0 radical (unpaired) electrons. The fourth-order valence-corrected chi connectivity index (χ4v) is 0.874. The van der Waals surface area contributed by atoms with E-state index in [4.69, 9.17) is 10.8 Å². The maximum absolute atomic E-state index is 8.60. The third-order valence-corrected chi connectivity index (χ3v) is 1.77. The molecule has 0 heterocycles. The standard InChI is InChI=1S/C7H13NO/c1-5(6-2-3-6)7(8)4-9/h6-7,9H,1-4,8H2/t7-/m1/s1. The Labute approximate surface area is 55.4 Å². The van der Waals surface area contributed by atoms with E-state index in [1.807, 2.05) is 0 Å². The average molecular weight is 127 g/mol. The Kier molecular flexibility index (Phi) is 1.88. The van der Waals surface area contributed by atoms with E-state index < -0.39 is 0 Å². The minimum absolute atomic E-state index is 0.0370. The number of rotatable bonds is 3. The second-order valence-corrected chi connectivity index (χ2v) is 2.64. The SMILES string of the molecule is C=C(C1CC1)[C@H](N)CO. The number of hydrogen-bond acceptors (Lipinski definition) is 2. The summed E-state index contributed by atoms with van der Waals surface area (Å²) in [6, 6.07) is -0.183. The van der Waals surface area contributed by atoms with Gasteiger partial charge >= 0.3 is 0 Å². The van der Waals surface area contributed by atoms with Crippen molar-refractivity contribution >= 4 is 0 Å². The zero-order chi connectivity index (χ0) is 6.85. The molecule has 1 aliphatic rings. The normalized spacial score (nSPS) is 21.6. The van der Waals surface area contributed by atoms with Gasteiger partial charge in [-0.25, -0.2) is 0 Å². The van der Waals surface area contributed by atoms with Crippen molar-refractivity contribution in [2.75, 3.05) is 6.61 Å². The van der Waals surface area contributed by atoms with Crippen molar-refractivity contribution in [3.63, 3.8) is 0 Å². The summed E-state index contributed by atoms with van der Waals surface area (Å²) >= 11 is 0. The first kappa shape index (κ1) is 6.78. The van der Waals surface area contributed by atoms with Gasteiger partial charge in [-0.2, -0.15) is 0 Å². The molecular weight excluding hydrogens is 114 g/mol. The highest BCUT2D eigenvalue weighted by atomic mass is 16.3. The van der Waals surface area contributed by atoms with Gasteiger partial charge in [0.15, 0.2) is 0 Å². The predicted molar refractivity (Wildman–Crippen MR) is 36.9 cm³/mol. The molecule has 0 spiro atoms. The number of aliphatic hydroxyl groups excluding tert-OH is 1. The van der Waals surface area contributed by atoms with Crippen LogP contribution >= 0.6 is 0 Å². The molecule has 0 bridgehead atoms. The molecule has 2 heteroatoms. The van der Waals surface area contributed by atoms with Gasteiger partial charge in [0.1, 0.15) is 0 Å². The van der Waals surface area contributed by atoms with Crippen LogP contribution in [0.4, 0.5) is 0 Å². The van der Waals surface area contributed by atoms with Gasteiger partial charge in [-0.1, -0.05) is 12.2 Å². The van der Waals surface area contributed by atoms with Crippen molar-refractivity contribution in [2.24, 2.45) is 11.7 Å². The van der Waals surface area contributed by atoms with Crippen LogP contribution in [0.25, 0.3) is 0 Å². The topological polar surface area (TPSA) is 46.2 Å². The van der Waals surface area contributed by atoms with Crippen molar-refractivity contribution in [2.45, 2.75) is 18.9 Å². The van der Waals surface area contributed by atoms with Crippen LogP contribution in [-0.4, -0.2) is 17.8 Å². The van der Waals surface area contributed by atoms with Crippen molar-refractivity contribution in [3.8, 4) is 0 Å². The van der Waals surface area contributed by atoms with Crippen LogP contribution in [0.5, 0.6) is 0 Å². The van der Waals surface area contributed by atoms with Crippen molar-refractivity contribution in [1.82, 2.24) is 0 Å². The lowest BCUT2D eigenvalue weighted by Gasteiger charge is -2.09. The van der Waals surface area contributed by atoms with E-state index in [0.29, 0.717) is 5.92 Å². The number of aliphatic hydroxyl groups is 1. The van der Waals surface area contributed by atoms with Gasteiger partial charge < -0.3 is 10.8 Å². The second kappa shape index (κ2) is 2.50. The number of hydrogen-bond donors (Lipinski definition) is 2. The van der Waals surface area contributed by atoms with Crippen LogP contribution < -0.4 is 5.73 Å². The van der Waals surface area contributed by atoms with Crippen LogP contribution in [0.3, 0.4) is 0 Å². The third kappa shape index (κ3) is 1.53. The number of nitrogens with two attached hydrogens (primary N) is 1. The fourth-order valence-electron chi connectivity index (χ4n) is 0.874. The molecule has 0 aromatic carbocycles. The highest BCUT2D eigenvalue weighted by Gasteiger charge is 2.27.